The third-order valence-corrected chi connectivity index (χ3v) is 5.99. The van der Waals surface area contributed by atoms with Crippen molar-refractivity contribution in [1.29, 1.82) is 0 Å². The highest BCUT2D eigenvalue weighted by molar-refractivity contribution is 7.89. The van der Waals surface area contributed by atoms with Gasteiger partial charge in [-0.2, -0.15) is 4.98 Å². The second-order valence-electron chi connectivity index (χ2n) is 6.72. The van der Waals surface area contributed by atoms with Gasteiger partial charge in [-0.25, -0.2) is 13.1 Å². The van der Waals surface area contributed by atoms with Crippen molar-refractivity contribution < 1.29 is 12.9 Å². The number of hydrogen-bond donors (Lipinski definition) is 2. The zero-order valence-corrected chi connectivity index (χ0v) is 15.7. The van der Waals surface area contributed by atoms with E-state index < -0.39 is 10.0 Å². The zero-order chi connectivity index (χ0) is 18.6. The molecule has 1 saturated heterocycles. The first-order valence-corrected chi connectivity index (χ1v) is 10.2. The number of aryl methyl sites for hydroxylation is 1. The lowest BCUT2D eigenvalue weighted by atomic mass is 9.98. The van der Waals surface area contributed by atoms with Crippen molar-refractivity contribution in [3.05, 3.63) is 41.5 Å². The molecule has 0 bridgehead atoms. The Morgan fingerprint density at radius 3 is 2.81 bits per heavy atom. The molecule has 26 heavy (non-hydrogen) atoms. The first-order chi connectivity index (χ1) is 12.5. The van der Waals surface area contributed by atoms with Crippen LogP contribution < -0.4 is 10.5 Å². The van der Waals surface area contributed by atoms with Crippen molar-refractivity contribution in [2.75, 3.05) is 19.6 Å². The van der Waals surface area contributed by atoms with Crippen LogP contribution in [0.25, 0.3) is 0 Å². The summed E-state index contributed by atoms with van der Waals surface area (Å²) in [6.07, 6.45) is 2.01. The van der Waals surface area contributed by atoms with Gasteiger partial charge in [0.15, 0.2) is 5.82 Å². The highest BCUT2D eigenvalue weighted by Crippen LogP contribution is 2.18. The molecule has 2 heterocycles. The molecule has 1 atom stereocenters. The molecule has 3 rings (SSSR count). The van der Waals surface area contributed by atoms with Crippen molar-refractivity contribution in [3.8, 4) is 0 Å². The summed E-state index contributed by atoms with van der Waals surface area (Å²) in [6.45, 7) is 4.91. The number of sulfonamides is 1. The Morgan fingerprint density at radius 2 is 2.12 bits per heavy atom. The van der Waals surface area contributed by atoms with Crippen LogP contribution in [0, 0.1) is 12.8 Å². The lowest BCUT2D eigenvalue weighted by Crippen LogP contribution is -2.40. The van der Waals surface area contributed by atoms with E-state index >= 15 is 0 Å². The van der Waals surface area contributed by atoms with E-state index in [4.69, 9.17) is 10.3 Å². The molecule has 0 spiro atoms. The van der Waals surface area contributed by atoms with Crippen LogP contribution in [0.3, 0.4) is 0 Å². The number of rotatable bonds is 7. The number of nitrogens with one attached hydrogen (secondary N) is 1. The van der Waals surface area contributed by atoms with E-state index in [1.54, 1.807) is 24.3 Å². The largest absolute Gasteiger partial charge is 0.338 e. The second kappa shape index (κ2) is 8.26. The molecule has 1 fully saturated rings. The van der Waals surface area contributed by atoms with E-state index in [0.717, 1.165) is 31.5 Å². The van der Waals surface area contributed by atoms with E-state index in [9.17, 15) is 8.42 Å². The Hall–Kier alpha value is -1.81. The second-order valence-corrected chi connectivity index (χ2v) is 8.48. The molecular formula is C17H25N5O3S. The predicted molar refractivity (Wildman–Crippen MR) is 96.6 cm³/mol. The smallest absolute Gasteiger partial charge is 0.240 e. The summed E-state index contributed by atoms with van der Waals surface area (Å²) in [5.74, 6) is 1.30. The molecule has 0 aliphatic carbocycles. The lowest BCUT2D eigenvalue weighted by molar-refractivity contribution is 0.163. The standard InChI is InChI=1S/C17H25N5O3S/c1-13-4-6-15(7-5-13)26(23,24)19-10-14-3-2-8-22(11-14)12-16-20-17(9-18)25-21-16/h4-7,14,19H,2-3,8-12,18H2,1H3. The molecule has 0 radical (unpaired) electrons. The first kappa shape index (κ1) is 19.0. The minimum absolute atomic E-state index is 0.233. The SMILES string of the molecule is Cc1ccc(S(=O)(=O)NCC2CCCN(Cc3noc(CN)n3)C2)cc1. The monoisotopic (exact) mass is 379 g/mol. The van der Waals surface area contributed by atoms with Gasteiger partial charge in [-0.1, -0.05) is 22.9 Å². The van der Waals surface area contributed by atoms with Gasteiger partial charge < -0.3 is 10.3 Å². The average Bonchev–Trinajstić information content (AvgIpc) is 3.08. The van der Waals surface area contributed by atoms with Gasteiger partial charge in [-0.05, 0) is 44.4 Å². The average molecular weight is 379 g/mol. The summed E-state index contributed by atoms with van der Waals surface area (Å²) in [7, 11) is -3.47. The van der Waals surface area contributed by atoms with Crippen LogP contribution in [0.1, 0.15) is 30.1 Å². The Labute approximate surface area is 153 Å². The maximum atomic E-state index is 12.4. The van der Waals surface area contributed by atoms with Gasteiger partial charge in [0.25, 0.3) is 0 Å². The molecular weight excluding hydrogens is 354 g/mol. The number of nitrogens with two attached hydrogens (primary N) is 1. The fraction of sp³-hybridized carbons (Fsp3) is 0.529. The van der Waals surface area contributed by atoms with Crippen LogP contribution in [-0.4, -0.2) is 43.1 Å². The van der Waals surface area contributed by atoms with Gasteiger partial charge in [0.05, 0.1) is 18.0 Å². The Bertz CT molecular complexity index is 819. The van der Waals surface area contributed by atoms with Gasteiger partial charge in [-0.3, -0.25) is 4.90 Å². The summed E-state index contributed by atoms with van der Waals surface area (Å²) in [5.41, 5.74) is 6.51. The molecule has 0 saturated carbocycles. The van der Waals surface area contributed by atoms with E-state index in [1.807, 2.05) is 6.92 Å². The van der Waals surface area contributed by atoms with Gasteiger partial charge in [0.2, 0.25) is 15.9 Å². The number of hydrogen-bond acceptors (Lipinski definition) is 7. The maximum absolute atomic E-state index is 12.4. The fourth-order valence-corrected chi connectivity index (χ4v) is 4.24. The molecule has 1 aromatic carbocycles. The normalized spacial score (nSPS) is 18.9. The number of nitrogens with zero attached hydrogens (tertiary/aromatic N) is 3. The van der Waals surface area contributed by atoms with Gasteiger partial charge >= 0.3 is 0 Å². The van der Waals surface area contributed by atoms with Crippen LogP contribution in [0.2, 0.25) is 0 Å². The molecule has 1 aliphatic rings. The molecule has 0 amide bonds. The quantitative estimate of drug-likeness (QED) is 0.738. The van der Waals surface area contributed by atoms with Crippen LogP contribution in [0.5, 0.6) is 0 Å². The minimum atomic E-state index is -3.47. The number of piperidine rings is 1. The van der Waals surface area contributed by atoms with Crippen molar-refractivity contribution >= 4 is 10.0 Å². The van der Waals surface area contributed by atoms with Crippen LogP contribution in [0.4, 0.5) is 0 Å². The third kappa shape index (κ3) is 4.88. The third-order valence-electron chi connectivity index (χ3n) is 4.55. The number of likely N-dealkylation sites (tertiary alicyclic amines) is 1. The summed E-state index contributed by atoms with van der Waals surface area (Å²) in [5, 5.41) is 3.92. The van der Waals surface area contributed by atoms with Crippen LogP contribution >= 0.6 is 0 Å². The highest BCUT2D eigenvalue weighted by Gasteiger charge is 2.23. The fourth-order valence-electron chi connectivity index (χ4n) is 3.13. The predicted octanol–water partition coefficient (Wildman–Crippen LogP) is 1.03. The summed E-state index contributed by atoms with van der Waals surface area (Å²) in [6, 6.07) is 6.88. The van der Waals surface area contributed by atoms with Gasteiger partial charge in [0, 0.05) is 13.1 Å². The van der Waals surface area contributed by atoms with Crippen molar-refractivity contribution in [2.45, 2.75) is 37.8 Å². The molecule has 8 nitrogen and oxygen atoms in total. The molecule has 2 aromatic rings. The molecule has 1 aromatic heterocycles. The van der Waals surface area contributed by atoms with E-state index in [0.29, 0.717) is 29.7 Å². The molecule has 3 N–H and O–H groups in total. The van der Waals surface area contributed by atoms with Gasteiger partial charge in [0.1, 0.15) is 0 Å². The Kier molecular flexibility index (Phi) is 6.02. The lowest BCUT2D eigenvalue weighted by Gasteiger charge is -2.31. The first-order valence-electron chi connectivity index (χ1n) is 8.76. The number of aromatic nitrogens is 2. The number of benzene rings is 1. The van der Waals surface area contributed by atoms with Crippen molar-refractivity contribution in [1.82, 2.24) is 19.8 Å². The Morgan fingerprint density at radius 1 is 1.35 bits per heavy atom. The molecule has 9 heteroatoms. The summed E-state index contributed by atoms with van der Waals surface area (Å²) < 4.78 is 32.6. The van der Waals surface area contributed by atoms with Crippen molar-refractivity contribution in [3.63, 3.8) is 0 Å². The van der Waals surface area contributed by atoms with Crippen LogP contribution in [0.15, 0.2) is 33.7 Å². The minimum Gasteiger partial charge on any atom is -0.338 e. The van der Waals surface area contributed by atoms with Crippen LogP contribution in [-0.2, 0) is 23.1 Å². The zero-order valence-electron chi connectivity index (χ0n) is 14.9. The summed E-state index contributed by atoms with van der Waals surface area (Å²) >= 11 is 0. The van der Waals surface area contributed by atoms with E-state index in [1.165, 1.54) is 0 Å². The van der Waals surface area contributed by atoms with Crippen molar-refractivity contribution in [2.24, 2.45) is 11.7 Å². The Balaban J connectivity index is 1.54. The topological polar surface area (TPSA) is 114 Å². The maximum Gasteiger partial charge on any atom is 0.240 e. The molecule has 1 aliphatic heterocycles. The molecule has 142 valence electrons. The highest BCUT2D eigenvalue weighted by atomic mass is 32.2. The van der Waals surface area contributed by atoms with E-state index in [-0.39, 0.29) is 12.5 Å². The molecule has 1 unspecified atom stereocenters. The van der Waals surface area contributed by atoms with Gasteiger partial charge in [-0.15, -0.1) is 0 Å². The van der Waals surface area contributed by atoms with E-state index in [2.05, 4.69) is 19.8 Å². The summed E-state index contributed by atoms with van der Waals surface area (Å²) in [4.78, 5) is 6.75.